The average molecular weight is 381 g/mol. The Bertz CT molecular complexity index is 1080. The summed E-state index contributed by atoms with van der Waals surface area (Å²) in [7, 11) is 0. The number of aliphatic imine (C=N–C) groups is 1. The lowest BCUT2D eigenvalue weighted by Crippen LogP contribution is -2.13. The smallest absolute Gasteiger partial charge is 0.306 e. The number of anilines is 1. The summed E-state index contributed by atoms with van der Waals surface area (Å²) in [6.07, 6.45) is -2.70. The SMILES string of the molecule is O=C(Nc1ccccn1)c1cccc2c1N=C(c1ccccc1C(F)(F)F)C2. The van der Waals surface area contributed by atoms with E-state index in [4.69, 9.17) is 0 Å². The second kappa shape index (κ2) is 6.92. The van der Waals surface area contributed by atoms with Gasteiger partial charge >= 0.3 is 6.18 Å². The minimum atomic E-state index is -4.48. The Morgan fingerprint density at radius 3 is 2.50 bits per heavy atom. The lowest BCUT2D eigenvalue weighted by Gasteiger charge is -2.12. The molecule has 7 heteroatoms. The zero-order valence-corrected chi connectivity index (χ0v) is 14.5. The van der Waals surface area contributed by atoms with Crippen LogP contribution in [0.25, 0.3) is 0 Å². The Kier molecular flexibility index (Phi) is 4.43. The second-order valence-electron chi connectivity index (χ2n) is 6.26. The molecule has 3 aromatic rings. The highest BCUT2D eigenvalue weighted by molar-refractivity contribution is 6.13. The van der Waals surface area contributed by atoms with Crippen molar-refractivity contribution in [1.29, 1.82) is 0 Å². The van der Waals surface area contributed by atoms with Gasteiger partial charge in [0.05, 0.1) is 22.5 Å². The fraction of sp³-hybridized carbons (Fsp3) is 0.0952. The van der Waals surface area contributed by atoms with Crippen molar-refractivity contribution in [3.05, 3.63) is 89.1 Å². The van der Waals surface area contributed by atoms with E-state index < -0.39 is 17.6 Å². The number of fused-ring (bicyclic) bond motifs is 1. The molecule has 4 rings (SSSR count). The van der Waals surface area contributed by atoms with Gasteiger partial charge in [0.15, 0.2) is 0 Å². The molecule has 1 amide bonds. The molecule has 1 aliphatic heterocycles. The Labute approximate surface area is 158 Å². The fourth-order valence-corrected chi connectivity index (χ4v) is 3.16. The summed E-state index contributed by atoms with van der Waals surface area (Å²) in [6, 6.07) is 15.5. The van der Waals surface area contributed by atoms with Crippen LogP contribution in [0.1, 0.15) is 27.0 Å². The molecule has 4 nitrogen and oxygen atoms in total. The first-order valence-corrected chi connectivity index (χ1v) is 8.52. The van der Waals surface area contributed by atoms with E-state index in [1.165, 1.54) is 12.1 Å². The number of carbonyl (C=O) groups excluding carboxylic acids is 1. The second-order valence-corrected chi connectivity index (χ2v) is 6.26. The van der Waals surface area contributed by atoms with Gasteiger partial charge in [-0.15, -0.1) is 0 Å². The van der Waals surface area contributed by atoms with Crippen LogP contribution in [0.2, 0.25) is 0 Å². The van der Waals surface area contributed by atoms with E-state index in [9.17, 15) is 18.0 Å². The molecule has 2 heterocycles. The van der Waals surface area contributed by atoms with Gasteiger partial charge in [-0.2, -0.15) is 13.2 Å². The summed E-state index contributed by atoms with van der Waals surface area (Å²) in [5, 5.41) is 2.68. The Balaban J connectivity index is 1.71. The van der Waals surface area contributed by atoms with Gasteiger partial charge in [-0.05, 0) is 29.8 Å². The van der Waals surface area contributed by atoms with E-state index in [0.29, 0.717) is 28.3 Å². The predicted molar refractivity (Wildman–Crippen MR) is 100.0 cm³/mol. The number of rotatable bonds is 3. The quantitative estimate of drug-likeness (QED) is 0.692. The van der Waals surface area contributed by atoms with Crippen molar-refractivity contribution >= 4 is 23.1 Å². The molecule has 0 radical (unpaired) electrons. The third-order valence-electron chi connectivity index (χ3n) is 4.42. The van der Waals surface area contributed by atoms with Crippen molar-refractivity contribution in [3.63, 3.8) is 0 Å². The third-order valence-corrected chi connectivity index (χ3v) is 4.42. The molecular formula is C21H14F3N3O. The standard InChI is InChI=1S/C21H14F3N3O/c22-21(23,24)16-9-2-1-7-14(16)17-12-13-6-5-8-15(19(13)26-17)20(28)27-18-10-3-4-11-25-18/h1-11H,12H2,(H,25,27,28). The van der Waals surface area contributed by atoms with Gasteiger partial charge in [-0.25, -0.2) is 4.98 Å². The van der Waals surface area contributed by atoms with Crippen molar-refractivity contribution in [3.8, 4) is 0 Å². The fourth-order valence-electron chi connectivity index (χ4n) is 3.16. The van der Waals surface area contributed by atoms with Gasteiger partial charge in [0.1, 0.15) is 5.82 Å². The highest BCUT2D eigenvalue weighted by atomic mass is 19.4. The van der Waals surface area contributed by atoms with Crippen LogP contribution in [0, 0.1) is 0 Å². The van der Waals surface area contributed by atoms with Crippen molar-refractivity contribution in [2.45, 2.75) is 12.6 Å². The summed E-state index contributed by atoms with van der Waals surface area (Å²) in [5.74, 6) is -0.0284. The monoisotopic (exact) mass is 381 g/mol. The number of para-hydroxylation sites is 1. The molecule has 0 bridgehead atoms. The first-order valence-electron chi connectivity index (χ1n) is 8.52. The maximum Gasteiger partial charge on any atom is 0.417 e. The Morgan fingerprint density at radius 2 is 1.75 bits per heavy atom. The van der Waals surface area contributed by atoms with E-state index in [-0.39, 0.29) is 12.0 Å². The van der Waals surface area contributed by atoms with Crippen LogP contribution in [-0.2, 0) is 12.6 Å². The molecule has 140 valence electrons. The van der Waals surface area contributed by atoms with E-state index in [1.807, 2.05) is 0 Å². The zero-order valence-electron chi connectivity index (χ0n) is 14.5. The maximum absolute atomic E-state index is 13.4. The highest BCUT2D eigenvalue weighted by Gasteiger charge is 2.35. The largest absolute Gasteiger partial charge is 0.417 e. The Morgan fingerprint density at radius 1 is 0.964 bits per heavy atom. The van der Waals surface area contributed by atoms with Gasteiger partial charge in [0.25, 0.3) is 5.91 Å². The number of carbonyl (C=O) groups is 1. The van der Waals surface area contributed by atoms with Gasteiger partial charge in [-0.3, -0.25) is 9.79 Å². The topological polar surface area (TPSA) is 54.4 Å². The van der Waals surface area contributed by atoms with Crippen molar-refractivity contribution in [1.82, 2.24) is 4.98 Å². The van der Waals surface area contributed by atoms with Crippen LogP contribution in [-0.4, -0.2) is 16.6 Å². The van der Waals surface area contributed by atoms with Gasteiger partial charge < -0.3 is 5.32 Å². The third kappa shape index (κ3) is 3.38. The number of nitrogens with zero attached hydrogens (tertiary/aromatic N) is 2. The van der Waals surface area contributed by atoms with Crippen LogP contribution in [0.3, 0.4) is 0 Å². The van der Waals surface area contributed by atoms with Gasteiger partial charge in [0, 0.05) is 18.2 Å². The Hall–Kier alpha value is -3.48. The summed E-state index contributed by atoms with van der Waals surface area (Å²) < 4.78 is 40.1. The van der Waals surface area contributed by atoms with Gasteiger partial charge in [0.2, 0.25) is 0 Å². The maximum atomic E-state index is 13.4. The molecule has 0 saturated heterocycles. The first-order chi connectivity index (χ1) is 13.4. The van der Waals surface area contributed by atoms with E-state index >= 15 is 0 Å². The van der Waals surface area contributed by atoms with Crippen LogP contribution in [0.4, 0.5) is 24.7 Å². The highest BCUT2D eigenvalue weighted by Crippen LogP contribution is 2.37. The molecule has 0 aliphatic carbocycles. The van der Waals surface area contributed by atoms with Crippen LogP contribution in [0.5, 0.6) is 0 Å². The lowest BCUT2D eigenvalue weighted by molar-refractivity contribution is -0.137. The molecule has 1 aliphatic rings. The average Bonchev–Trinajstić information content (AvgIpc) is 3.12. The molecule has 1 N–H and O–H groups in total. The van der Waals surface area contributed by atoms with E-state index in [0.717, 1.165) is 6.07 Å². The summed E-state index contributed by atoms with van der Waals surface area (Å²) in [4.78, 5) is 21.1. The first kappa shape index (κ1) is 17.9. The van der Waals surface area contributed by atoms with Gasteiger partial charge in [-0.1, -0.05) is 36.4 Å². The lowest BCUT2D eigenvalue weighted by atomic mass is 9.98. The molecule has 1 aromatic heterocycles. The normalized spacial score (nSPS) is 13.0. The molecule has 2 aromatic carbocycles. The van der Waals surface area contributed by atoms with Crippen LogP contribution >= 0.6 is 0 Å². The molecule has 0 atom stereocenters. The molecular weight excluding hydrogens is 367 g/mol. The molecule has 0 spiro atoms. The molecule has 28 heavy (non-hydrogen) atoms. The number of aromatic nitrogens is 1. The predicted octanol–water partition coefficient (Wildman–Crippen LogP) is 5.03. The van der Waals surface area contributed by atoms with Crippen molar-refractivity contribution in [2.75, 3.05) is 5.32 Å². The minimum absolute atomic E-state index is 0.0299. The van der Waals surface area contributed by atoms with Crippen molar-refractivity contribution in [2.24, 2.45) is 4.99 Å². The number of hydrogen-bond donors (Lipinski definition) is 1. The number of halogens is 3. The number of alkyl halides is 3. The van der Waals surface area contributed by atoms with E-state index in [2.05, 4.69) is 15.3 Å². The molecule has 0 saturated carbocycles. The van der Waals surface area contributed by atoms with Crippen LogP contribution in [0.15, 0.2) is 71.9 Å². The summed E-state index contributed by atoms with van der Waals surface area (Å²) in [5.41, 5.74) is 0.982. The van der Waals surface area contributed by atoms with E-state index in [1.54, 1.807) is 48.7 Å². The number of nitrogens with one attached hydrogen (secondary N) is 1. The number of hydrogen-bond acceptors (Lipinski definition) is 3. The molecule has 0 fully saturated rings. The van der Waals surface area contributed by atoms with Crippen LogP contribution < -0.4 is 5.32 Å². The summed E-state index contributed by atoms with van der Waals surface area (Å²) >= 11 is 0. The zero-order chi connectivity index (χ0) is 19.7. The molecule has 0 unspecified atom stereocenters. The minimum Gasteiger partial charge on any atom is -0.306 e. The van der Waals surface area contributed by atoms with Crippen molar-refractivity contribution < 1.29 is 18.0 Å². The number of benzene rings is 2. The number of amides is 1. The summed E-state index contributed by atoms with van der Waals surface area (Å²) in [6.45, 7) is 0. The number of pyridine rings is 1.